The summed E-state index contributed by atoms with van der Waals surface area (Å²) in [5.41, 5.74) is 0. The Morgan fingerprint density at radius 1 is 1.24 bits per heavy atom. The first kappa shape index (κ1) is 14.0. The fourth-order valence-electron chi connectivity index (χ4n) is 2.48. The van der Waals surface area contributed by atoms with Crippen LogP contribution in [0, 0.1) is 0 Å². The van der Waals surface area contributed by atoms with Crippen LogP contribution in [-0.4, -0.2) is 74.7 Å². The third kappa shape index (κ3) is 3.38. The van der Waals surface area contributed by atoms with Gasteiger partial charge in [0.2, 0.25) is 5.82 Å². The normalized spacial score (nSPS) is 19.7. The van der Waals surface area contributed by atoms with Crippen LogP contribution in [-0.2, 0) is 4.79 Å². The lowest BCUT2D eigenvalue weighted by Crippen LogP contribution is -2.49. The smallest absolute Gasteiger partial charge is 0.304 e. The summed E-state index contributed by atoms with van der Waals surface area (Å²) in [5, 5.41) is 15.5. The van der Waals surface area contributed by atoms with E-state index in [0.717, 1.165) is 18.7 Å². The molecule has 3 rings (SSSR count). The van der Waals surface area contributed by atoms with Crippen LogP contribution in [0.1, 0.15) is 41.6 Å². The van der Waals surface area contributed by atoms with E-state index in [-0.39, 0.29) is 18.2 Å². The maximum absolute atomic E-state index is 12.3. The fourth-order valence-corrected chi connectivity index (χ4v) is 2.48. The predicted molar refractivity (Wildman–Crippen MR) is 73.0 cm³/mol. The summed E-state index contributed by atoms with van der Waals surface area (Å²) in [4.78, 5) is 30.9. The van der Waals surface area contributed by atoms with Crippen molar-refractivity contribution in [2.24, 2.45) is 0 Å². The summed E-state index contributed by atoms with van der Waals surface area (Å²) in [6.45, 7) is 3.10. The van der Waals surface area contributed by atoms with Gasteiger partial charge < -0.3 is 10.0 Å². The van der Waals surface area contributed by atoms with E-state index in [1.807, 2.05) is 0 Å². The summed E-state index contributed by atoms with van der Waals surface area (Å²) in [7, 11) is 0. The second-order valence-electron chi connectivity index (χ2n) is 5.60. The average Bonchev–Trinajstić information content (AvgIpc) is 3.22. The summed E-state index contributed by atoms with van der Waals surface area (Å²) < 4.78 is 0. The van der Waals surface area contributed by atoms with Gasteiger partial charge in [-0.05, 0) is 12.8 Å². The molecule has 1 saturated carbocycles. The van der Waals surface area contributed by atoms with E-state index in [9.17, 15) is 9.59 Å². The standard InChI is InChI=1S/C13H19N5O3/c19-10(20)3-4-17-5-7-18(8-6-17)13(21)12-14-11(15-16-12)9-1-2-9/h9H,1-8H2,(H,19,20)(H,14,15,16). The molecule has 1 aromatic rings. The van der Waals surface area contributed by atoms with Crippen LogP contribution < -0.4 is 0 Å². The van der Waals surface area contributed by atoms with Gasteiger partial charge in [-0.2, -0.15) is 0 Å². The highest BCUT2D eigenvalue weighted by Gasteiger charge is 2.30. The molecule has 2 aliphatic rings. The van der Waals surface area contributed by atoms with E-state index in [1.54, 1.807) is 4.90 Å². The molecular weight excluding hydrogens is 274 g/mol. The third-order valence-electron chi connectivity index (χ3n) is 3.96. The lowest BCUT2D eigenvalue weighted by Gasteiger charge is -2.33. The first-order valence-corrected chi connectivity index (χ1v) is 7.29. The van der Waals surface area contributed by atoms with Gasteiger partial charge in [0, 0.05) is 38.6 Å². The lowest BCUT2D eigenvalue weighted by atomic mass is 10.3. The van der Waals surface area contributed by atoms with Crippen LogP contribution in [0.5, 0.6) is 0 Å². The molecule has 0 atom stereocenters. The first-order chi connectivity index (χ1) is 10.1. The van der Waals surface area contributed by atoms with E-state index in [0.29, 0.717) is 38.6 Å². The highest BCUT2D eigenvalue weighted by Crippen LogP contribution is 2.37. The van der Waals surface area contributed by atoms with Gasteiger partial charge in [0.1, 0.15) is 5.82 Å². The van der Waals surface area contributed by atoms with Gasteiger partial charge in [-0.25, -0.2) is 4.98 Å². The Bertz CT molecular complexity index is 532. The van der Waals surface area contributed by atoms with Gasteiger partial charge in [0.25, 0.3) is 5.91 Å². The van der Waals surface area contributed by atoms with E-state index in [1.165, 1.54) is 0 Å². The minimum Gasteiger partial charge on any atom is -0.481 e. The number of aliphatic carboxylic acids is 1. The second-order valence-corrected chi connectivity index (χ2v) is 5.60. The van der Waals surface area contributed by atoms with Gasteiger partial charge in [0.05, 0.1) is 6.42 Å². The zero-order valence-corrected chi connectivity index (χ0v) is 11.8. The molecule has 1 saturated heterocycles. The highest BCUT2D eigenvalue weighted by atomic mass is 16.4. The number of nitrogens with one attached hydrogen (secondary N) is 1. The SMILES string of the molecule is O=C(O)CCN1CCN(C(=O)c2n[nH]c(C3CC3)n2)CC1. The van der Waals surface area contributed by atoms with Crippen molar-refractivity contribution in [2.45, 2.75) is 25.2 Å². The molecule has 1 aliphatic heterocycles. The Kier molecular flexibility index (Phi) is 3.87. The van der Waals surface area contributed by atoms with Gasteiger partial charge in [-0.15, -0.1) is 5.10 Å². The minimum absolute atomic E-state index is 0.139. The molecule has 0 unspecified atom stereocenters. The summed E-state index contributed by atoms with van der Waals surface area (Å²) in [5.74, 6) is 0.583. The number of carbonyl (C=O) groups excluding carboxylic acids is 1. The van der Waals surface area contributed by atoms with Crippen LogP contribution in [0.4, 0.5) is 0 Å². The van der Waals surface area contributed by atoms with Crippen LogP contribution in [0.25, 0.3) is 0 Å². The Hall–Kier alpha value is -1.96. The summed E-state index contributed by atoms with van der Waals surface area (Å²) in [6.07, 6.45) is 2.37. The molecule has 2 heterocycles. The number of hydrogen-bond donors (Lipinski definition) is 2. The largest absolute Gasteiger partial charge is 0.481 e. The van der Waals surface area contributed by atoms with Crippen LogP contribution in [0.2, 0.25) is 0 Å². The molecule has 21 heavy (non-hydrogen) atoms. The van der Waals surface area contributed by atoms with Gasteiger partial charge in [0.15, 0.2) is 0 Å². The Balaban J connectivity index is 1.51. The van der Waals surface area contributed by atoms with Crippen molar-refractivity contribution in [2.75, 3.05) is 32.7 Å². The second kappa shape index (κ2) is 5.80. The minimum atomic E-state index is -0.790. The highest BCUT2D eigenvalue weighted by molar-refractivity contribution is 5.90. The van der Waals surface area contributed by atoms with E-state index in [4.69, 9.17) is 5.11 Å². The molecule has 8 heteroatoms. The van der Waals surface area contributed by atoms with Gasteiger partial charge >= 0.3 is 5.97 Å². The number of hydrogen-bond acceptors (Lipinski definition) is 5. The number of carboxylic acids is 1. The lowest BCUT2D eigenvalue weighted by molar-refractivity contribution is -0.137. The van der Waals surface area contributed by atoms with Crippen molar-refractivity contribution < 1.29 is 14.7 Å². The maximum atomic E-state index is 12.3. The van der Waals surface area contributed by atoms with Gasteiger partial charge in [-0.3, -0.25) is 19.6 Å². The van der Waals surface area contributed by atoms with Gasteiger partial charge in [-0.1, -0.05) is 0 Å². The van der Waals surface area contributed by atoms with E-state index >= 15 is 0 Å². The van der Waals surface area contributed by atoms with Crippen molar-refractivity contribution in [3.63, 3.8) is 0 Å². The number of aromatic amines is 1. The monoisotopic (exact) mass is 293 g/mol. The molecule has 2 N–H and O–H groups in total. The first-order valence-electron chi connectivity index (χ1n) is 7.29. The zero-order valence-electron chi connectivity index (χ0n) is 11.8. The third-order valence-corrected chi connectivity index (χ3v) is 3.96. The topological polar surface area (TPSA) is 102 Å². The van der Waals surface area contributed by atoms with Crippen LogP contribution >= 0.6 is 0 Å². The Labute approximate surface area is 122 Å². The number of carbonyl (C=O) groups is 2. The van der Waals surface area contributed by atoms with Crippen molar-refractivity contribution >= 4 is 11.9 Å². The molecular formula is C13H19N5O3. The fraction of sp³-hybridized carbons (Fsp3) is 0.692. The summed E-state index contributed by atoms with van der Waals surface area (Å²) >= 11 is 0. The van der Waals surface area contributed by atoms with Crippen molar-refractivity contribution in [1.82, 2.24) is 25.0 Å². The van der Waals surface area contributed by atoms with Crippen molar-refractivity contribution in [3.05, 3.63) is 11.6 Å². The molecule has 2 fully saturated rings. The molecule has 0 bridgehead atoms. The number of carboxylic acid groups (broad SMARTS) is 1. The number of aromatic nitrogens is 3. The van der Waals surface area contributed by atoms with Crippen LogP contribution in [0.15, 0.2) is 0 Å². The summed E-state index contributed by atoms with van der Waals surface area (Å²) in [6, 6.07) is 0. The average molecular weight is 293 g/mol. The number of rotatable bonds is 5. The quantitative estimate of drug-likeness (QED) is 0.787. The van der Waals surface area contributed by atoms with E-state index < -0.39 is 5.97 Å². The maximum Gasteiger partial charge on any atom is 0.304 e. The molecule has 1 aromatic heterocycles. The molecule has 114 valence electrons. The van der Waals surface area contributed by atoms with Crippen molar-refractivity contribution in [1.29, 1.82) is 0 Å². The molecule has 8 nitrogen and oxygen atoms in total. The Morgan fingerprint density at radius 3 is 2.57 bits per heavy atom. The molecule has 1 aliphatic carbocycles. The molecule has 1 amide bonds. The predicted octanol–water partition coefficient (Wildman–Crippen LogP) is -0.0854. The molecule has 0 aromatic carbocycles. The Morgan fingerprint density at radius 2 is 1.95 bits per heavy atom. The number of nitrogens with zero attached hydrogens (tertiary/aromatic N) is 4. The number of amides is 1. The van der Waals surface area contributed by atoms with E-state index in [2.05, 4.69) is 20.1 Å². The van der Waals surface area contributed by atoms with Crippen LogP contribution in [0.3, 0.4) is 0 Å². The number of piperazine rings is 1. The number of H-pyrrole nitrogens is 1. The molecule has 0 radical (unpaired) electrons. The van der Waals surface area contributed by atoms with Crippen molar-refractivity contribution in [3.8, 4) is 0 Å². The molecule has 0 spiro atoms. The zero-order chi connectivity index (χ0) is 14.8.